The number of nitrogens with one attached hydrogen (secondary N) is 1. The molecule has 0 saturated heterocycles. The second-order valence-electron chi connectivity index (χ2n) is 7.20. The van der Waals surface area contributed by atoms with Crippen molar-refractivity contribution >= 4 is 23.2 Å². The number of carbonyl (C=O) groups is 1. The molecule has 144 valence electrons. The van der Waals surface area contributed by atoms with Gasteiger partial charge in [-0.3, -0.25) is 9.89 Å². The van der Waals surface area contributed by atoms with Crippen LogP contribution in [0.25, 0.3) is 28.0 Å². The third-order valence-corrected chi connectivity index (χ3v) is 5.44. The standard InChI is InChI=1S/C22H16ClN3O3/c23-16-9-7-13(8-10-16)19-20(14-3-4-14)25-26-18(27)11-17(24-21(19)26)12-1-5-15(6-2-12)22(28)29/h1-2,5-11,14,25H,3-4H2,(H,28,29). The first-order valence-electron chi connectivity index (χ1n) is 9.26. The summed E-state index contributed by atoms with van der Waals surface area (Å²) in [7, 11) is 0. The van der Waals surface area contributed by atoms with Crippen molar-refractivity contribution in [1.29, 1.82) is 0 Å². The lowest BCUT2D eigenvalue weighted by Crippen LogP contribution is -2.14. The van der Waals surface area contributed by atoms with Crippen molar-refractivity contribution in [1.82, 2.24) is 14.6 Å². The number of H-pyrrole nitrogens is 1. The summed E-state index contributed by atoms with van der Waals surface area (Å²) in [5, 5.41) is 13.0. The summed E-state index contributed by atoms with van der Waals surface area (Å²) in [6.07, 6.45) is 2.15. The summed E-state index contributed by atoms with van der Waals surface area (Å²) < 4.78 is 1.48. The van der Waals surface area contributed by atoms with E-state index in [4.69, 9.17) is 21.7 Å². The summed E-state index contributed by atoms with van der Waals surface area (Å²) in [6.45, 7) is 0. The molecule has 0 aliphatic heterocycles. The van der Waals surface area contributed by atoms with Crippen LogP contribution >= 0.6 is 11.6 Å². The van der Waals surface area contributed by atoms with Gasteiger partial charge in [-0.05, 0) is 42.7 Å². The molecule has 0 radical (unpaired) electrons. The molecule has 0 unspecified atom stereocenters. The third-order valence-electron chi connectivity index (χ3n) is 5.19. The maximum absolute atomic E-state index is 12.8. The van der Waals surface area contributed by atoms with Gasteiger partial charge in [-0.15, -0.1) is 0 Å². The molecule has 2 heterocycles. The molecule has 2 aromatic heterocycles. The zero-order valence-corrected chi connectivity index (χ0v) is 16.0. The van der Waals surface area contributed by atoms with Crippen LogP contribution in [0.15, 0.2) is 59.4 Å². The molecule has 6 nitrogen and oxygen atoms in total. The number of benzene rings is 2. The normalized spacial score (nSPS) is 13.7. The van der Waals surface area contributed by atoms with Crippen molar-refractivity contribution in [3.8, 4) is 22.4 Å². The number of aromatic nitrogens is 3. The van der Waals surface area contributed by atoms with E-state index in [-0.39, 0.29) is 11.1 Å². The minimum atomic E-state index is -0.996. The van der Waals surface area contributed by atoms with E-state index >= 15 is 0 Å². The summed E-state index contributed by atoms with van der Waals surface area (Å²) in [4.78, 5) is 28.7. The molecule has 29 heavy (non-hydrogen) atoms. The number of halogens is 1. The number of hydrogen-bond donors (Lipinski definition) is 2. The van der Waals surface area contributed by atoms with Gasteiger partial charge in [0.15, 0.2) is 5.65 Å². The number of fused-ring (bicyclic) bond motifs is 1. The van der Waals surface area contributed by atoms with Crippen molar-refractivity contribution in [2.75, 3.05) is 0 Å². The molecule has 2 aromatic carbocycles. The van der Waals surface area contributed by atoms with E-state index in [1.807, 2.05) is 24.3 Å². The first-order chi connectivity index (χ1) is 14.0. The van der Waals surface area contributed by atoms with Gasteiger partial charge >= 0.3 is 5.97 Å². The highest BCUT2D eigenvalue weighted by atomic mass is 35.5. The molecular formula is C22H16ClN3O3. The Bertz CT molecular complexity index is 1300. The fourth-order valence-corrected chi connectivity index (χ4v) is 3.68. The monoisotopic (exact) mass is 405 g/mol. The molecule has 1 aliphatic carbocycles. The van der Waals surface area contributed by atoms with Crippen LogP contribution in [0.2, 0.25) is 5.02 Å². The number of hydrogen-bond acceptors (Lipinski definition) is 3. The minimum Gasteiger partial charge on any atom is -0.478 e. The topological polar surface area (TPSA) is 87.5 Å². The number of aromatic carboxylic acids is 1. The van der Waals surface area contributed by atoms with E-state index in [2.05, 4.69) is 5.10 Å². The molecule has 1 fully saturated rings. The lowest BCUT2D eigenvalue weighted by molar-refractivity contribution is 0.0697. The molecule has 1 saturated carbocycles. The number of carboxylic acids is 1. The van der Waals surface area contributed by atoms with Crippen molar-refractivity contribution < 1.29 is 9.90 Å². The smallest absolute Gasteiger partial charge is 0.335 e. The Balaban J connectivity index is 1.73. The fraction of sp³-hybridized carbons (Fsp3) is 0.136. The lowest BCUT2D eigenvalue weighted by atomic mass is 10.0. The van der Waals surface area contributed by atoms with E-state index in [9.17, 15) is 9.59 Å². The van der Waals surface area contributed by atoms with Crippen LogP contribution in [0.1, 0.15) is 34.8 Å². The van der Waals surface area contributed by atoms with Crippen LogP contribution in [0.5, 0.6) is 0 Å². The van der Waals surface area contributed by atoms with Crippen molar-refractivity contribution in [2.45, 2.75) is 18.8 Å². The van der Waals surface area contributed by atoms with Crippen molar-refractivity contribution in [2.24, 2.45) is 0 Å². The van der Waals surface area contributed by atoms with Crippen LogP contribution in [0.3, 0.4) is 0 Å². The Morgan fingerprint density at radius 3 is 2.34 bits per heavy atom. The van der Waals surface area contributed by atoms with Gasteiger partial charge in [0.1, 0.15) is 0 Å². The van der Waals surface area contributed by atoms with Crippen LogP contribution in [-0.2, 0) is 0 Å². The zero-order valence-electron chi connectivity index (χ0n) is 15.2. The van der Waals surface area contributed by atoms with Gasteiger partial charge in [0.2, 0.25) is 0 Å². The van der Waals surface area contributed by atoms with Crippen LogP contribution in [0, 0.1) is 0 Å². The molecule has 0 spiro atoms. The predicted molar refractivity (Wildman–Crippen MR) is 111 cm³/mol. The van der Waals surface area contributed by atoms with Gasteiger partial charge in [-0.1, -0.05) is 35.9 Å². The SMILES string of the molecule is O=C(O)c1ccc(-c2cc(=O)n3[nH]c(C4CC4)c(-c4ccc(Cl)cc4)c3n2)cc1. The summed E-state index contributed by atoms with van der Waals surface area (Å²) >= 11 is 6.05. The van der Waals surface area contributed by atoms with Gasteiger partial charge in [-0.25, -0.2) is 14.3 Å². The highest BCUT2D eigenvalue weighted by Crippen LogP contribution is 2.45. The highest BCUT2D eigenvalue weighted by molar-refractivity contribution is 6.30. The summed E-state index contributed by atoms with van der Waals surface area (Å²) in [6, 6.07) is 15.3. The molecule has 7 heteroatoms. The Morgan fingerprint density at radius 2 is 1.72 bits per heavy atom. The van der Waals surface area contributed by atoms with Crippen molar-refractivity contribution in [3.05, 3.63) is 81.2 Å². The van der Waals surface area contributed by atoms with Crippen molar-refractivity contribution in [3.63, 3.8) is 0 Å². The number of nitrogens with zero attached hydrogens (tertiary/aromatic N) is 2. The minimum absolute atomic E-state index is 0.186. The van der Waals surface area contributed by atoms with Gasteiger partial charge < -0.3 is 5.11 Å². The molecule has 2 N–H and O–H groups in total. The third kappa shape index (κ3) is 3.11. The zero-order chi connectivity index (χ0) is 20.1. The Labute approximate surface area is 170 Å². The highest BCUT2D eigenvalue weighted by Gasteiger charge is 2.30. The second kappa shape index (κ2) is 6.60. The number of rotatable bonds is 4. The largest absolute Gasteiger partial charge is 0.478 e. The summed E-state index contributed by atoms with van der Waals surface area (Å²) in [5.74, 6) is -0.607. The maximum Gasteiger partial charge on any atom is 0.335 e. The average Bonchev–Trinajstić information content (AvgIpc) is 3.49. The molecule has 0 atom stereocenters. The molecule has 5 rings (SSSR count). The summed E-state index contributed by atoms with van der Waals surface area (Å²) in [5.41, 5.74) is 4.58. The molecular weight excluding hydrogens is 390 g/mol. The van der Waals surface area contributed by atoms with E-state index in [1.165, 1.54) is 22.7 Å². The van der Waals surface area contributed by atoms with Crippen LogP contribution in [-0.4, -0.2) is 25.7 Å². The molecule has 4 aromatic rings. The number of aromatic amines is 1. The Hall–Kier alpha value is -3.38. The second-order valence-corrected chi connectivity index (χ2v) is 7.64. The van der Waals surface area contributed by atoms with Gasteiger partial charge in [0.25, 0.3) is 5.56 Å². The van der Waals surface area contributed by atoms with E-state index in [1.54, 1.807) is 12.1 Å². The molecule has 0 amide bonds. The van der Waals surface area contributed by atoms with E-state index < -0.39 is 5.97 Å². The van der Waals surface area contributed by atoms with Gasteiger partial charge in [-0.2, -0.15) is 0 Å². The fourth-order valence-electron chi connectivity index (χ4n) is 3.55. The van der Waals surface area contributed by atoms with E-state index in [0.717, 1.165) is 29.7 Å². The quantitative estimate of drug-likeness (QED) is 0.520. The van der Waals surface area contributed by atoms with Crippen LogP contribution < -0.4 is 5.56 Å². The van der Waals surface area contributed by atoms with Gasteiger partial charge in [0, 0.05) is 33.8 Å². The van der Waals surface area contributed by atoms with Gasteiger partial charge in [0.05, 0.1) is 11.3 Å². The molecule has 1 aliphatic rings. The average molecular weight is 406 g/mol. The van der Waals surface area contributed by atoms with Crippen LogP contribution in [0.4, 0.5) is 0 Å². The first-order valence-corrected chi connectivity index (χ1v) is 9.64. The predicted octanol–water partition coefficient (Wildman–Crippen LogP) is 4.59. The van der Waals surface area contributed by atoms with E-state index in [0.29, 0.717) is 27.8 Å². The number of carboxylic acid groups (broad SMARTS) is 1. The molecule has 0 bridgehead atoms. The Kier molecular flexibility index (Phi) is 4.03. The lowest BCUT2D eigenvalue weighted by Gasteiger charge is -2.05. The first kappa shape index (κ1) is 17.7. The maximum atomic E-state index is 12.8. The Morgan fingerprint density at radius 1 is 1.07 bits per heavy atom.